The van der Waals surface area contributed by atoms with Gasteiger partial charge in [0.15, 0.2) is 0 Å². The van der Waals surface area contributed by atoms with Crippen LogP contribution in [-0.4, -0.2) is 11.7 Å². The van der Waals surface area contributed by atoms with Gasteiger partial charge in [0.1, 0.15) is 5.84 Å². The summed E-state index contributed by atoms with van der Waals surface area (Å²) in [6.07, 6.45) is 1.83. The van der Waals surface area contributed by atoms with E-state index in [4.69, 9.17) is 11.5 Å². The van der Waals surface area contributed by atoms with Crippen LogP contribution in [0, 0.1) is 19.8 Å². The zero-order valence-electron chi connectivity index (χ0n) is 13.5. The minimum absolute atomic E-state index is 0.0598. The van der Waals surface area contributed by atoms with Crippen molar-refractivity contribution >= 4 is 17.4 Å². The number of amidine groups is 1. The van der Waals surface area contributed by atoms with E-state index in [1.165, 1.54) is 11.1 Å². The van der Waals surface area contributed by atoms with Gasteiger partial charge in [-0.15, -0.1) is 0 Å². The highest BCUT2D eigenvalue weighted by atomic mass is 16.1. The largest absolute Gasteiger partial charge is 0.398 e. The molecule has 4 N–H and O–H groups in total. The average Bonchev–Trinajstić information content (AvgIpc) is 3.34. The monoisotopic (exact) mass is 307 g/mol. The number of nitrogens with two attached hydrogens (primary N) is 2. The predicted octanol–water partition coefficient (Wildman–Crippen LogP) is 3.19. The van der Waals surface area contributed by atoms with E-state index in [9.17, 15) is 4.79 Å². The summed E-state index contributed by atoms with van der Waals surface area (Å²) in [6.45, 7) is 4.18. The van der Waals surface area contributed by atoms with E-state index in [1.54, 1.807) is 0 Å². The van der Waals surface area contributed by atoms with Crippen LogP contribution in [0.5, 0.6) is 0 Å². The van der Waals surface area contributed by atoms with Crippen LogP contribution >= 0.6 is 0 Å². The predicted molar refractivity (Wildman–Crippen MR) is 94.2 cm³/mol. The zero-order chi connectivity index (χ0) is 16.6. The van der Waals surface area contributed by atoms with Gasteiger partial charge in [0.2, 0.25) is 0 Å². The molecule has 4 nitrogen and oxygen atoms in total. The molecule has 1 aliphatic carbocycles. The average molecular weight is 307 g/mol. The smallest absolute Gasteiger partial charge is 0.250 e. The minimum Gasteiger partial charge on any atom is -0.398 e. The maximum atomic E-state index is 11.7. The molecule has 2 aromatic carbocycles. The van der Waals surface area contributed by atoms with E-state index >= 15 is 0 Å². The Morgan fingerprint density at radius 2 is 1.70 bits per heavy atom. The molecule has 0 spiro atoms. The van der Waals surface area contributed by atoms with E-state index in [0.717, 1.165) is 24.0 Å². The molecule has 0 atom stereocenters. The number of rotatable bonds is 3. The van der Waals surface area contributed by atoms with Crippen LogP contribution in [0.15, 0.2) is 41.4 Å². The van der Waals surface area contributed by atoms with Gasteiger partial charge in [-0.1, -0.05) is 24.3 Å². The number of carbonyl (C=O) groups is 1. The second kappa shape index (κ2) is 5.88. The molecule has 0 aliphatic heterocycles. The molecule has 0 bridgehead atoms. The third kappa shape index (κ3) is 3.26. The van der Waals surface area contributed by atoms with Gasteiger partial charge in [0.25, 0.3) is 5.91 Å². The van der Waals surface area contributed by atoms with Crippen molar-refractivity contribution in [1.82, 2.24) is 0 Å². The molecule has 1 amide bonds. The lowest BCUT2D eigenvalue weighted by Gasteiger charge is -2.10. The number of hydrogen-bond acceptors (Lipinski definition) is 2. The number of carbonyl (C=O) groups excluding carboxylic acids is 1. The van der Waals surface area contributed by atoms with Gasteiger partial charge in [0, 0.05) is 17.2 Å². The first-order chi connectivity index (χ1) is 11.0. The third-order valence-electron chi connectivity index (χ3n) is 4.32. The Morgan fingerprint density at radius 1 is 1.04 bits per heavy atom. The van der Waals surface area contributed by atoms with Gasteiger partial charge in [-0.25, -0.2) is 0 Å². The second-order valence-corrected chi connectivity index (χ2v) is 6.21. The number of benzene rings is 2. The highest BCUT2D eigenvalue weighted by molar-refractivity contribution is 6.08. The summed E-state index contributed by atoms with van der Waals surface area (Å²) in [5.74, 6) is 0.121. The van der Waals surface area contributed by atoms with Crippen LogP contribution in [0.1, 0.15) is 29.5 Å². The molecule has 1 fully saturated rings. The molecular weight excluding hydrogens is 286 g/mol. The number of aliphatic imine (C=N–C) groups is 1. The Balaban J connectivity index is 1.90. The van der Waals surface area contributed by atoms with E-state index in [2.05, 4.69) is 37.0 Å². The molecule has 23 heavy (non-hydrogen) atoms. The summed E-state index contributed by atoms with van der Waals surface area (Å²) in [6, 6.07) is 12.0. The highest BCUT2D eigenvalue weighted by Crippen LogP contribution is 2.30. The molecule has 1 aliphatic rings. The van der Waals surface area contributed by atoms with Gasteiger partial charge < -0.3 is 11.5 Å². The van der Waals surface area contributed by atoms with E-state index in [0.29, 0.717) is 11.3 Å². The van der Waals surface area contributed by atoms with Gasteiger partial charge in [-0.2, -0.15) is 4.99 Å². The lowest BCUT2D eigenvalue weighted by atomic mass is 9.98. The number of nitrogens with zero attached hydrogens (tertiary/aromatic N) is 1. The number of hydrogen-bond donors (Lipinski definition) is 2. The standard InChI is InChI=1S/C19H21N3O/c1-11-3-4-14(9-12(11)2)15-7-8-16(17(20)10-15)18(21)22-19(23)13-5-6-13/h3-4,7-10,13H,5-6,20H2,1-2H3,(H2,21,22,23). The van der Waals surface area contributed by atoms with Crippen LogP contribution in [-0.2, 0) is 4.79 Å². The first-order valence-electron chi connectivity index (χ1n) is 7.81. The number of anilines is 1. The minimum atomic E-state index is -0.139. The van der Waals surface area contributed by atoms with Crippen molar-refractivity contribution < 1.29 is 4.79 Å². The van der Waals surface area contributed by atoms with Gasteiger partial charge >= 0.3 is 0 Å². The third-order valence-corrected chi connectivity index (χ3v) is 4.32. The number of nitrogen functional groups attached to an aromatic ring is 1. The summed E-state index contributed by atoms with van der Waals surface area (Å²) >= 11 is 0. The molecule has 2 aromatic rings. The van der Waals surface area contributed by atoms with Crippen molar-refractivity contribution in [3.63, 3.8) is 0 Å². The molecule has 0 aromatic heterocycles. The molecule has 0 radical (unpaired) electrons. The topological polar surface area (TPSA) is 81.5 Å². The normalized spacial score (nSPS) is 14.8. The molecule has 1 saturated carbocycles. The summed E-state index contributed by atoms with van der Waals surface area (Å²) in [7, 11) is 0. The quantitative estimate of drug-likeness (QED) is 0.519. The van der Waals surface area contributed by atoms with E-state index in [1.807, 2.05) is 18.2 Å². The Labute approximate surface area is 136 Å². The van der Waals surface area contributed by atoms with Crippen molar-refractivity contribution in [2.24, 2.45) is 16.6 Å². The highest BCUT2D eigenvalue weighted by Gasteiger charge is 2.29. The fourth-order valence-corrected chi connectivity index (χ4v) is 2.50. The van der Waals surface area contributed by atoms with Crippen molar-refractivity contribution in [3.05, 3.63) is 53.1 Å². The molecule has 4 heteroatoms. The van der Waals surface area contributed by atoms with Gasteiger partial charge in [0.05, 0.1) is 0 Å². The summed E-state index contributed by atoms with van der Waals surface area (Å²) in [5, 5.41) is 0. The Kier molecular flexibility index (Phi) is 3.90. The lowest BCUT2D eigenvalue weighted by molar-refractivity contribution is -0.118. The fourth-order valence-electron chi connectivity index (χ4n) is 2.50. The molecule has 118 valence electrons. The van der Waals surface area contributed by atoms with Crippen LogP contribution < -0.4 is 11.5 Å². The first-order valence-corrected chi connectivity index (χ1v) is 7.81. The summed E-state index contributed by atoms with van der Waals surface area (Å²) in [4.78, 5) is 15.7. The maximum absolute atomic E-state index is 11.7. The number of amides is 1. The fraction of sp³-hybridized carbons (Fsp3) is 0.263. The SMILES string of the molecule is Cc1ccc(-c2ccc(C(N)=NC(=O)C3CC3)c(N)c2)cc1C. The Hall–Kier alpha value is -2.62. The Bertz CT molecular complexity index is 804. The van der Waals surface area contributed by atoms with E-state index < -0.39 is 0 Å². The van der Waals surface area contributed by atoms with Crippen molar-refractivity contribution in [3.8, 4) is 11.1 Å². The van der Waals surface area contributed by atoms with Crippen LogP contribution in [0.3, 0.4) is 0 Å². The van der Waals surface area contributed by atoms with Crippen LogP contribution in [0.2, 0.25) is 0 Å². The second-order valence-electron chi connectivity index (χ2n) is 6.21. The number of aryl methyl sites for hydroxylation is 2. The molecular formula is C19H21N3O. The van der Waals surface area contributed by atoms with Gasteiger partial charge in [-0.05, 0) is 61.1 Å². The van der Waals surface area contributed by atoms with Crippen molar-refractivity contribution in [2.75, 3.05) is 5.73 Å². The zero-order valence-corrected chi connectivity index (χ0v) is 13.5. The van der Waals surface area contributed by atoms with Crippen molar-refractivity contribution in [2.45, 2.75) is 26.7 Å². The summed E-state index contributed by atoms with van der Waals surface area (Å²) < 4.78 is 0. The summed E-state index contributed by atoms with van der Waals surface area (Å²) in [5.41, 5.74) is 17.8. The maximum Gasteiger partial charge on any atom is 0.250 e. The molecule has 0 heterocycles. The Morgan fingerprint density at radius 3 is 2.30 bits per heavy atom. The first kappa shape index (κ1) is 15.3. The molecule has 0 unspecified atom stereocenters. The molecule has 3 rings (SSSR count). The van der Waals surface area contributed by atoms with Gasteiger partial charge in [-0.3, -0.25) is 4.79 Å². The van der Waals surface area contributed by atoms with Crippen LogP contribution in [0.4, 0.5) is 5.69 Å². The molecule has 0 saturated heterocycles. The van der Waals surface area contributed by atoms with E-state index in [-0.39, 0.29) is 17.7 Å². The van der Waals surface area contributed by atoms with Crippen molar-refractivity contribution in [1.29, 1.82) is 0 Å². The van der Waals surface area contributed by atoms with Crippen LogP contribution in [0.25, 0.3) is 11.1 Å². The lowest BCUT2D eigenvalue weighted by Crippen LogP contribution is -2.18.